The van der Waals surface area contributed by atoms with Crippen molar-refractivity contribution in [2.75, 3.05) is 0 Å². The summed E-state index contributed by atoms with van der Waals surface area (Å²) < 4.78 is 41.5. The van der Waals surface area contributed by atoms with Crippen molar-refractivity contribution in [2.45, 2.75) is 12.7 Å². The second kappa shape index (κ2) is 7.29. The third-order valence-corrected chi connectivity index (χ3v) is 4.38. The third kappa shape index (κ3) is 3.74. The van der Waals surface area contributed by atoms with Gasteiger partial charge in [-0.1, -0.05) is 60.1 Å². The van der Waals surface area contributed by atoms with E-state index < -0.39 is 22.9 Å². The molecule has 0 amide bonds. The Hall–Kier alpha value is -3.04. The monoisotopic (exact) mass is 388 g/mol. The summed E-state index contributed by atoms with van der Waals surface area (Å²) in [6.07, 6.45) is -4.84. The molecule has 0 fully saturated rings. The molecule has 3 aromatic rings. The Kier molecular flexibility index (Phi) is 5.06. The molecule has 27 heavy (non-hydrogen) atoms. The molecule has 0 aliphatic carbocycles. The second-order valence-corrected chi connectivity index (χ2v) is 6.19. The highest BCUT2D eigenvalue weighted by Crippen LogP contribution is 2.35. The van der Waals surface area contributed by atoms with E-state index in [0.717, 1.165) is 10.6 Å². The Morgan fingerprint density at radius 3 is 2.26 bits per heavy atom. The van der Waals surface area contributed by atoms with Crippen molar-refractivity contribution < 1.29 is 13.2 Å². The third-order valence-electron chi connectivity index (χ3n) is 4.05. The fourth-order valence-corrected chi connectivity index (χ4v) is 3.03. The summed E-state index contributed by atoms with van der Waals surface area (Å²) in [5.41, 5.74) is -2.23. The molecule has 0 unspecified atom stereocenters. The predicted octanol–water partition coefficient (Wildman–Crippen LogP) is 5.11. The smallest absolute Gasteiger partial charge is 0.303 e. The zero-order chi connectivity index (χ0) is 19.6. The SMILES string of the molecule is N#Cc1c(C(F)(F)F)cc(-c2ccccc2Cl)n(Cc2ccccc2)c1=O. The molecule has 3 nitrogen and oxygen atoms in total. The van der Waals surface area contributed by atoms with Crippen LogP contribution in [0.4, 0.5) is 13.2 Å². The summed E-state index contributed by atoms with van der Waals surface area (Å²) in [6, 6.07) is 17.3. The van der Waals surface area contributed by atoms with Gasteiger partial charge in [-0.25, -0.2) is 0 Å². The van der Waals surface area contributed by atoms with Gasteiger partial charge in [0.2, 0.25) is 0 Å². The van der Waals surface area contributed by atoms with E-state index in [2.05, 4.69) is 0 Å². The molecule has 0 atom stereocenters. The van der Waals surface area contributed by atoms with Crippen molar-refractivity contribution in [1.82, 2.24) is 4.57 Å². The number of benzene rings is 2. The fourth-order valence-electron chi connectivity index (χ4n) is 2.79. The number of halogens is 4. The molecule has 0 N–H and O–H groups in total. The van der Waals surface area contributed by atoms with Crippen LogP contribution in [0.3, 0.4) is 0 Å². The minimum atomic E-state index is -4.84. The highest BCUT2D eigenvalue weighted by atomic mass is 35.5. The average Bonchev–Trinajstić information content (AvgIpc) is 2.63. The summed E-state index contributed by atoms with van der Waals surface area (Å²) in [5, 5.41) is 9.38. The molecule has 0 aliphatic rings. The molecule has 0 aliphatic heterocycles. The van der Waals surface area contributed by atoms with Gasteiger partial charge < -0.3 is 4.57 Å². The molecule has 1 aromatic heterocycles. The zero-order valence-electron chi connectivity index (χ0n) is 13.8. The Bertz CT molecular complexity index is 1080. The van der Waals surface area contributed by atoms with Crippen molar-refractivity contribution in [3.8, 4) is 17.3 Å². The lowest BCUT2D eigenvalue weighted by atomic mass is 10.0. The highest BCUT2D eigenvalue weighted by molar-refractivity contribution is 6.33. The maximum absolute atomic E-state index is 13.4. The van der Waals surface area contributed by atoms with E-state index in [1.807, 2.05) is 0 Å². The van der Waals surface area contributed by atoms with Gasteiger partial charge in [-0.05, 0) is 17.7 Å². The first kappa shape index (κ1) is 18.7. The normalized spacial score (nSPS) is 11.2. The Labute approximate surface area is 157 Å². The number of pyridine rings is 1. The number of nitriles is 1. The summed E-state index contributed by atoms with van der Waals surface area (Å²) in [6.45, 7) is 0.00699. The largest absolute Gasteiger partial charge is 0.417 e. The lowest BCUT2D eigenvalue weighted by Crippen LogP contribution is -2.28. The van der Waals surface area contributed by atoms with Crippen molar-refractivity contribution in [3.63, 3.8) is 0 Å². The molecule has 7 heteroatoms. The van der Waals surface area contributed by atoms with Gasteiger partial charge in [-0.2, -0.15) is 18.4 Å². The van der Waals surface area contributed by atoms with Gasteiger partial charge in [0, 0.05) is 10.6 Å². The standard InChI is InChI=1S/C20H12ClF3N2O/c21-17-9-5-4-8-14(17)18-10-16(20(22,23)24)15(11-25)19(27)26(18)12-13-6-2-1-3-7-13/h1-10H,12H2. The number of rotatable bonds is 3. The number of alkyl halides is 3. The van der Waals surface area contributed by atoms with Crippen LogP contribution in [0.25, 0.3) is 11.3 Å². The van der Waals surface area contributed by atoms with E-state index >= 15 is 0 Å². The van der Waals surface area contributed by atoms with E-state index in [-0.39, 0.29) is 22.8 Å². The lowest BCUT2D eigenvalue weighted by Gasteiger charge is -2.18. The van der Waals surface area contributed by atoms with Crippen LogP contribution in [0.1, 0.15) is 16.7 Å². The quantitative estimate of drug-likeness (QED) is 0.626. The van der Waals surface area contributed by atoms with Gasteiger partial charge in [-0.15, -0.1) is 0 Å². The maximum atomic E-state index is 13.4. The minimum Gasteiger partial charge on any atom is -0.303 e. The summed E-state index contributed by atoms with van der Waals surface area (Å²) >= 11 is 6.16. The number of nitrogens with zero attached hydrogens (tertiary/aromatic N) is 2. The lowest BCUT2D eigenvalue weighted by molar-refractivity contribution is -0.137. The van der Waals surface area contributed by atoms with Gasteiger partial charge in [0.1, 0.15) is 11.6 Å². The first-order chi connectivity index (χ1) is 12.8. The van der Waals surface area contributed by atoms with E-state index in [4.69, 9.17) is 11.6 Å². The van der Waals surface area contributed by atoms with Gasteiger partial charge >= 0.3 is 6.18 Å². The summed E-state index contributed by atoms with van der Waals surface area (Å²) in [7, 11) is 0. The van der Waals surface area contributed by atoms with Gasteiger partial charge in [0.05, 0.1) is 17.8 Å². The van der Waals surface area contributed by atoms with Gasteiger partial charge in [0.15, 0.2) is 0 Å². The minimum absolute atomic E-state index is 0.000720. The summed E-state index contributed by atoms with van der Waals surface area (Å²) in [4.78, 5) is 12.8. The van der Waals surface area contributed by atoms with Crippen LogP contribution < -0.4 is 5.56 Å². The predicted molar refractivity (Wildman–Crippen MR) is 96.4 cm³/mol. The molecule has 3 rings (SSSR count). The highest BCUT2D eigenvalue weighted by Gasteiger charge is 2.36. The Morgan fingerprint density at radius 1 is 1.04 bits per heavy atom. The molecule has 2 aromatic carbocycles. The molecular formula is C20H12ClF3N2O. The average molecular weight is 389 g/mol. The second-order valence-electron chi connectivity index (χ2n) is 5.78. The zero-order valence-corrected chi connectivity index (χ0v) is 14.6. The molecule has 0 spiro atoms. The van der Waals surface area contributed by atoms with Crippen LogP contribution in [0.2, 0.25) is 5.02 Å². The first-order valence-electron chi connectivity index (χ1n) is 7.87. The van der Waals surface area contributed by atoms with E-state index in [1.54, 1.807) is 42.5 Å². The summed E-state index contributed by atoms with van der Waals surface area (Å²) in [5.74, 6) is 0. The molecule has 136 valence electrons. The Balaban J connectivity index is 2.35. The van der Waals surface area contributed by atoms with Crippen LogP contribution in [0.15, 0.2) is 65.5 Å². The van der Waals surface area contributed by atoms with Crippen molar-refractivity contribution >= 4 is 11.6 Å². The van der Waals surface area contributed by atoms with Crippen LogP contribution in [0, 0.1) is 11.3 Å². The molecule has 0 bridgehead atoms. The Morgan fingerprint density at radius 2 is 1.67 bits per heavy atom. The van der Waals surface area contributed by atoms with Crippen LogP contribution in [-0.2, 0) is 12.7 Å². The van der Waals surface area contributed by atoms with Crippen molar-refractivity contribution in [1.29, 1.82) is 5.26 Å². The fraction of sp³-hybridized carbons (Fsp3) is 0.100. The number of hydrogen-bond donors (Lipinski definition) is 0. The van der Waals surface area contributed by atoms with Crippen molar-refractivity contribution in [3.05, 3.63) is 92.7 Å². The van der Waals surface area contributed by atoms with E-state index in [9.17, 15) is 23.2 Å². The number of aromatic nitrogens is 1. The first-order valence-corrected chi connectivity index (χ1v) is 8.24. The molecule has 0 saturated heterocycles. The number of hydrogen-bond acceptors (Lipinski definition) is 2. The van der Waals surface area contributed by atoms with E-state index in [0.29, 0.717) is 5.56 Å². The maximum Gasteiger partial charge on any atom is 0.417 e. The molecule has 0 saturated carbocycles. The molecular weight excluding hydrogens is 377 g/mol. The van der Waals surface area contributed by atoms with Crippen LogP contribution >= 0.6 is 11.6 Å². The van der Waals surface area contributed by atoms with Gasteiger partial charge in [-0.3, -0.25) is 4.79 Å². The van der Waals surface area contributed by atoms with Crippen molar-refractivity contribution in [2.24, 2.45) is 0 Å². The van der Waals surface area contributed by atoms with Crippen LogP contribution in [0.5, 0.6) is 0 Å². The topological polar surface area (TPSA) is 45.8 Å². The molecule has 1 heterocycles. The van der Waals surface area contributed by atoms with Crippen LogP contribution in [-0.4, -0.2) is 4.57 Å². The molecule has 0 radical (unpaired) electrons. The van der Waals surface area contributed by atoms with Gasteiger partial charge in [0.25, 0.3) is 5.56 Å². The van der Waals surface area contributed by atoms with E-state index in [1.165, 1.54) is 18.2 Å².